The molecule has 1 aliphatic carbocycles. The monoisotopic (exact) mass is 278 g/mol. The summed E-state index contributed by atoms with van der Waals surface area (Å²) in [5, 5.41) is 0. The molecule has 2 heteroatoms. The Kier molecular flexibility index (Phi) is 3.14. The van der Waals surface area contributed by atoms with Gasteiger partial charge >= 0.3 is 0 Å². The number of nitrogens with one attached hydrogen (secondary N) is 1. The highest BCUT2D eigenvalue weighted by Crippen LogP contribution is 2.44. The van der Waals surface area contributed by atoms with E-state index < -0.39 is 5.54 Å². The molecule has 3 N–H and O–H groups in total. The van der Waals surface area contributed by atoms with E-state index in [1.807, 2.05) is 12.3 Å². The molecule has 1 atom stereocenters. The van der Waals surface area contributed by atoms with Crippen LogP contribution >= 0.6 is 0 Å². The molecule has 2 nitrogen and oxygen atoms in total. The van der Waals surface area contributed by atoms with Gasteiger partial charge in [0.1, 0.15) is 0 Å². The third-order valence-corrected chi connectivity index (χ3v) is 4.63. The molecular formula is C19H22N2. The van der Waals surface area contributed by atoms with Crippen molar-refractivity contribution in [3.63, 3.8) is 0 Å². The molecule has 0 saturated carbocycles. The minimum atomic E-state index is -0.539. The van der Waals surface area contributed by atoms with E-state index in [9.17, 15) is 0 Å². The van der Waals surface area contributed by atoms with Crippen LogP contribution in [0, 0.1) is 12.3 Å². The first-order chi connectivity index (χ1) is 9.94. The Morgan fingerprint density at radius 3 is 2.48 bits per heavy atom. The van der Waals surface area contributed by atoms with E-state index in [4.69, 9.17) is 5.73 Å². The molecule has 0 radical (unpaired) electrons. The topological polar surface area (TPSA) is 41.8 Å². The number of aromatic nitrogens is 1. The van der Waals surface area contributed by atoms with Crippen LogP contribution in [0.25, 0.3) is 5.57 Å². The molecule has 1 aromatic carbocycles. The highest BCUT2D eigenvalue weighted by molar-refractivity contribution is 5.78. The van der Waals surface area contributed by atoms with Crippen LogP contribution in [0.4, 0.5) is 0 Å². The summed E-state index contributed by atoms with van der Waals surface area (Å²) in [5.74, 6) is 0. The number of hydrogen-bond acceptors (Lipinski definition) is 1. The Hall–Kier alpha value is -2.06. The van der Waals surface area contributed by atoms with Crippen LogP contribution < -0.4 is 5.73 Å². The van der Waals surface area contributed by atoms with Crippen LogP contribution in [0.5, 0.6) is 0 Å². The van der Waals surface area contributed by atoms with Gasteiger partial charge in [0, 0.05) is 17.3 Å². The number of benzene rings is 1. The number of H-pyrrole nitrogens is 1. The van der Waals surface area contributed by atoms with Crippen LogP contribution in [-0.2, 0) is 5.54 Å². The fourth-order valence-corrected chi connectivity index (χ4v) is 2.99. The van der Waals surface area contributed by atoms with Crippen LogP contribution in [-0.4, -0.2) is 4.98 Å². The van der Waals surface area contributed by atoms with Crippen molar-refractivity contribution in [2.75, 3.05) is 0 Å². The molecule has 2 aromatic rings. The van der Waals surface area contributed by atoms with Crippen LogP contribution in [0.1, 0.15) is 30.7 Å². The summed E-state index contributed by atoms with van der Waals surface area (Å²) >= 11 is 0. The molecule has 1 aliphatic rings. The van der Waals surface area contributed by atoms with Crippen molar-refractivity contribution in [2.45, 2.75) is 26.3 Å². The third-order valence-electron chi connectivity index (χ3n) is 4.63. The summed E-state index contributed by atoms with van der Waals surface area (Å²) in [6.07, 6.45) is 8.53. The lowest BCUT2D eigenvalue weighted by Crippen LogP contribution is -2.49. The molecule has 0 spiro atoms. The lowest BCUT2D eigenvalue weighted by molar-refractivity contribution is 0.280. The van der Waals surface area contributed by atoms with Gasteiger partial charge in [-0.25, -0.2) is 0 Å². The second-order valence-electron chi connectivity index (χ2n) is 6.42. The average molecular weight is 278 g/mol. The van der Waals surface area contributed by atoms with Gasteiger partial charge in [-0.3, -0.25) is 0 Å². The molecule has 3 rings (SSSR count). The van der Waals surface area contributed by atoms with Gasteiger partial charge in [-0.15, -0.1) is 0 Å². The number of aromatic amines is 1. The lowest BCUT2D eigenvalue weighted by atomic mass is 9.66. The van der Waals surface area contributed by atoms with Crippen LogP contribution in [0.3, 0.4) is 0 Å². The highest BCUT2D eigenvalue weighted by Gasteiger charge is 2.42. The molecular weight excluding hydrogens is 256 g/mol. The van der Waals surface area contributed by atoms with Crippen molar-refractivity contribution in [1.82, 2.24) is 4.98 Å². The zero-order valence-electron chi connectivity index (χ0n) is 12.9. The first-order valence-electron chi connectivity index (χ1n) is 7.35. The largest absolute Gasteiger partial charge is 0.363 e. The van der Waals surface area contributed by atoms with E-state index >= 15 is 0 Å². The lowest BCUT2D eigenvalue weighted by Gasteiger charge is -2.42. The summed E-state index contributed by atoms with van der Waals surface area (Å²) in [5.41, 5.74) is 10.9. The van der Waals surface area contributed by atoms with Crippen molar-refractivity contribution >= 4 is 5.57 Å². The maximum Gasteiger partial charge on any atom is 0.0842 e. The first-order valence-corrected chi connectivity index (χ1v) is 7.35. The predicted octanol–water partition coefficient (Wildman–Crippen LogP) is 4.16. The molecule has 1 aromatic heterocycles. The maximum atomic E-state index is 6.82. The minimum absolute atomic E-state index is 0.149. The molecule has 0 bridgehead atoms. The zero-order valence-corrected chi connectivity index (χ0v) is 12.9. The second kappa shape index (κ2) is 4.74. The maximum absolute atomic E-state index is 6.82. The molecule has 21 heavy (non-hydrogen) atoms. The number of nitrogens with two attached hydrogens (primary N) is 1. The molecule has 0 saturated heterocycles. The zero-order chi connectivity index (χ0) is 15.1. The van der Waals surface area contributed by atoms with E-state index in [-0.39, 0.29) is 5.41 Å². The molecule has 108 valence electrons. The van der Waals surface area contributed by atoms with Gasteiger partial charge in [-0.05, 0) is 35.8 Å². The van der Waals surface area contributed by atoms with E-state index in [2.05, 4.69) is 74.3 Å². The molecule has 0 aliphatic heterocycles. The van der Waals surface area contributed by atoms with Crippen molar-refractivity contribution < 1.29 is 0 Å². The van der Waals surface area contributed by atoms with E-state index in [0.29, 0.717) is 0 Å². The number of hydrogen-bond donors (Lipinski definition) is 2. The van der Waals surface area contributed by atoms with E-state index in [1.54, 1.807) is 0 Å². The predicted molar refractivity (Wildman–Crippen MR) is 88.7 cm³/mol. The van der Waals surface area contributed by atoms with Gasteiger partial charge in [0.05, 0.1) is 5.54 Å². The van der Waals surface area contributed by atoms with Gasteiger partial charge in [0.2, 0.25) is 0 Å². The third kappa shape index (κ3) is 2.16. The Bertz CT molecular complexity index is 705. The summed E-state index contributed by atoms with van der Waals surface area (Å²) in [4.78, 5) is 3.29. The second-order valence-corrected chi connectivity index (χ2v) is 6.42. The molecule has 1 unspecified atom stereocenters. The van der Waals surface area contributed by atoms with Gasteiger partial charge in [0.25, 0.3) is 0 Å². The Balaban J connectivity index is 2.15. The van der Waals surface area contributed by atoms with Crippen molar-refractivity contribution in [1.29, 1.82) is 0 Å². The Labute approximate surface area is 126 Å². The van der Waals surface area contributed by atoms with Crippen molar-refractivity contribution in [2.24, 2.45) is 11.1 Å². The Morgan fingerprint density at radius 2 is 1.81 bits per heavy atom. The van der Waals surface area contributed by atoms with Crippen molar-refractivity contribution in [3.8, 4) is 0 Å². The van der Waals surface area contributed by atoms with Gasteiger partial charge in [-0.2, -0.15) is 0 Å². The quantitative estimate of drug-likeness (QED) is 0.851. The smallest absolute Gasteiger partial charge is 0.0842 e. The normalized spacial score (nSPS) is 23.9. The number of allylic oxidation sites excluding steroid dienone is 2. The van der Waals surface area contributed by atoms with E-state index in [0.717, 1.165) is 5.69 Å². The highest BCUT2D eigenvalue weighted by atomic mass is 14.9. The summed E-state index contributed by atoms with van der Waals surface area (Å²) in [7, 11) is 0. The average Bonchev–Trinajstić information content (AvgIpc) is 2.97. The standard InChI is InChI=1S/C19H22N2/c1-14-7-4-5-8-16(14)15-10-11-18(2,3)19(20,13-15)17-9-6-12-21-17/h4-13,21H,20H2,1-3H3. The summed E-state index contributed by atoms with van der Waals surface area (Å²) in [6.45, 7) is 6.49. The van der Waals surface area contributed by atoms with Crippen LogP contribution in [0.15, 0.2) is 60.8 Å². The first kappa shape index (κ1) is 13.9. The van der Waals surface area contributed by atoms with Crippen molar-refractivity contribution in [3.05, 3.63) is 77.6 Å². The van der Waals surface area contributed by atoms with Gasteiger partial charge in [0.15, 0.2) is 0 Å². The van der Waals surface area contributed by atoms with Crippen LogP contribution in [0.2, 0.25) is 0 Å². The fraction of sp³-hybridized carbons (Fsp3) is 0.263. The number of aryl methyl sites for hydroxylation is 1. The summed E-state index contributed by atoms with van der Waals surface area (Å²) in [6, 6.07) is 12.5. The fourth-order valence-electron chi connectivity index (χ4n) is 2.99. The number of rotatable bonds is 2. The minimum Gasteiger partial charge on any atom is -0.363 e. The van der Waals surface area contributed by atoms with E-state index in [1.165, 1.54) is 16.7 Å². The molecule has 0 amide bonds. The SMILES string of the molecule is Cc1ccccc1C1=CC(N)(c2ccc[nH]2)C(C)(C)C=C1. The molecule has 1 heterocycles. The van der Waals surface area contributed by atoms with Gasteiger partial charge in [-0.1, -0.05) is 56.3 Å². The van der Waals surface area contributed by atoms with Gasteiger partial charge < -0.3 is 10.7 Å². The summed E-state index contributed by atoms with van der Waals surface area (Å²) < 4.78 is 0. The molecule has 0 fully saturated rings. The Morgan fingerprint density at radius 1 is 1.05 bits per heavy atom.